The molecular formula is C28H28ClN7O3. The van der Waals surface area contributed by atoms with Crippen LogP contribution in [0.1, 0.15) is 58.8 Å². The zero-order valence-corrected chi connectivity index (χ0v) is 22.9. The molecule has 1 aromatic carbocycles. The topological polar surface area (TPSA) is 119 Å². The number of anilines is 1. The van der Waals surface area contributed by atoms with E-state index in [2.05, 4.69) is 20.9 Å². The second-order valence-electron chi connectivity index (χ2n) is 9.84. The van der Waals surface area contributed by atoms with Crippen LogP contribution in [0.5, 0.6) is 0 Å². The highest BCUT2D eigenvalue weighted by Gasteiger charge is 2.48. The second-order valence-corrected chi connectivity index (χ2v) is 10.2. The molecule has 0 spiro atoms. The van der Waals surface area contributed by atoms with Gasteiger partial charge in [-0.3, -0.25) is 19.4 Å². The number of amides is 1. The largest absolute Gasteiger partial charge is 0.481 e. The van der Waals surface area contributed by atoms with E-state index in [1.165, 1.54) is 12.3 Å². The number of ether oxygens (including phenoxy) is 1. The Balaban J connectivity index is 1.79. The highest BCUT2D eigenvalue weighted by molar-refractivity contribution is 6.30. The van der Waals surface area contributed by atoms with Crippen LogP contribution >= 0.6 is 11.6 Å². The van der Waals surface area contributed by atoms with Gasteiger partial charge in [0.1, 0.15) is 11.1 Å². The third-order valence-corrected chi connectivity index (χ3v) is 7.31. The third kappa shape index (κ3) is 4.11. The molecule has 3 aromatic rings. The first-order chi connectivity index (χ1) is 18.6. The molecular weight excluding hydrogens is 518 g/mol. The molecule has 11 heteroatoms. The van der Waals surface area contributed by atoms with Crippen LogP contribution in [-0.2, 0) is 10.5 Å². The van der Waals surface area contributed by atoms with Gasteiger partial charge < -0.3 is 19.6 Å². The molecule has 0 saturated carbocycles. The minimum atomic E-state index is -1.05. The summed E-state index contributed by atoms with van der Waals surface area (Å²) < 4.78 is 7.59. The van der Waals surface area contributed by atoms with Crippen LogP contribution in [0.3, 0.4) is 0 Å². The molecule has 5 rings (SSSR count). The van der Waals surface area contributed by atoms with Crippen molar-refractivity contribution in [3.8, 4) is 6.07 Å². The highest BCUT2D eigenvalue weighted by Crippen LogP contribution is 2.46. The van der Waals surface area contributed by atoms with Crippen LogP contribution in [0.25, 0.3) is 0 Å². The fourth-order valence-electron chi connectivity index (χ4n) is 5.24. The monoisotopic (exact) mass is 545 g/mol. The van der Waals surface area contributed by atoms with Crippen molar-refractivity contribution in [3.63, 3.8) is 0 Å². The number of aromatic nitrogens is 2. The molecule has 2 unspecified atom stereocenters. The number of aliphatic imine (C=N–C) groups is 1. The first-order valence-corrected chi connectivity index (χ1v) is 12.7. The van der Waals surface area contributed by atoms with E-state index in [4.69, 9.17) is 21.3 Å². The van der Waals surface area contributed by atoms with Crippen molar-refractivity contribution < 1.29 is 9.53 Å². The van der Waals surface area contributed by atoms with Crippen molar-refractivity contribution in [2.24, 2.45) is 4.99 Å². The molecule has 0 bridgehead atoms. The van der Waals surface area contributed by atoms with E-state index >= 15 is 0 Å². The number of pyridine rings is 1. The quantitative estimate of drug-likeness (QED) is 0.502. The van der Waals surface area contributed by atoms with Crippen LogP contribution in [0.2, 0.25) is 5.02 Å². The van der Waals surface area contributed by atoms with Gasteiger partial charge in [0, 0.05) is 24.5 Å². The van der Waals surface area contributed by atoms with Gasteiger partial charge in [0.05, 0.1) is 41.4 Å². The maximum atomic E-state index is 14.2. The van der Waals surface area contributed by atoms with Crippen molar-refractivity contribution in [2.45, 2.75) is 31.7 Å². The molecule has 1 amide bonds. The Kier molecular flexibility index (Phi) is 6.58. The Bertz CT molecular complexity index is 1610. The summed E-state index contributed by atoms with van der Waals surface area (Å²) in [5, 5.41) is 12.7. The fraction of sp³-hybridized carbons (Fsp3) is 0.286. The number of benzene rings is 1. The van der Waals surface area contributed by atoms with Crippen molar-refractivity contribution in [2.75, 3.05) is 26.1 Å². The molecule has 10 nitrogen and oxygen atoms in total. The number of nitriles is 1. The minimum Gasteiger partial charge on any atom is -0.481 e. The first-order valence-electron chi connectivity index (χ1n) is 12.4. The van der Waals surface area contributed by atoms with E-state index < -0.39 is 17.4 Å². The van der Waals surface area contributed by atoms with Gasteiger partial charge in [-0.05, 0) is 57.8 Å². The van der Waals surface area contributed by atoms with Crippen LogP contribution in [0, 0.1) is 11.3 Å². The summed E-state index contributed by atoms with van der Waals surface area (Å²) in [7, 11) is 5.37. The summed E-state index contributed by atoms with van der Waals surface area (Å²) in [6.45, 7) is 4.10. The lowest BCUT2D eigenvalue weighted by atomic mass is 10.0. The predicted octanol–water partition coefficient (Wildman–Crippen LogP) is 3.87. The van der Waals surface area contributed by atoms with E-state index in [1.54, 1.807) is 36.4 Å². The molecule has 2 aromatic heterocycles. The normalized spacial score (nSPS) is 20.2. The Hall–Kier alpha value is -4.33. The van der Waals surface area contributed by atoms with Crippen LogP contribution in [-0.4, -0.2) is 47.5 Å². The van der Waals surface area contributed by atoms with Gasteiger partial charge >= 0.3 is 0 Å². The van der Waals surface area contributed by atoms with E-state index in [0.29, 0.717) is 22.7 Å². The second kappa shape index (κ2) is 9.76. The summed E-state index contributed by atoms with van der Waals surface area (Å²) in [5.41, 5.74) is 3.35. The molecule has 2 aliphatic rings. The number of nitrogens with zero attached hydrogens (tertiary/aromatic N) is 5. The molecule has 200 valence electrons. The molecule has 39 heavy (non-hydrogen) atoms. The van der Waals surface area contributed by atoms with Crippen molar-refractivity contribution in [1.82, 2.24) is 19.8 Å². The number of halogens is 1. The van der Waals surface area contributed by atoms with Gasteiger partial charge in [-0.2, -0.15) is 5.26 Å². The lowest BCUT2D eigenvalue weighted by Crippen LogP contribution is -2.53. The molecule has 0 fully saturated rings. The zero-order chi connectivity index (χ0) is 28.1. The van der Waals surface area contributed by atoms with Crippen LogP contribution in [0.4, 0.5) is 5.69 Å². The van der Waals surface area contributed by atoms with Crippen molar-refractivity contribution >= 4 is 29.1 Å². The van der Waals surface area contributed by atoms with Gasteiger partial charge in [0.25, 0.3) is 11.5 Å². The smallest absolute Gasteiger partial charge is 0.266 e. The van der Waals surface area contributed by atoms with Crippen molar-refractivity contribution in [1.29, 1.82) is 5.26 Å². The molecule has 0 radical (unpaired) electrons. The number of hydrogen-bond acceptors (Lipinski definition) is 7. The minimum absolute atomic E-state index is 0.0194. The lowest BCUT2D eigenvalue weighted by Gasteiger charge is -2.40. The van der Waals surface area contributed by atoms with E-state index in [0.717, 1.165) is 17.0 Å². The number of fused-ring (bicyclic) bond motifs is 1. The highest BCUT2D eigenvalue weighted by atomic mass is 35.5. The van der Waals surface area contributed by atoms with E-state index in [1.807, 2.05) is 51.0 Å². The molecule has 0 saturated heterocycles. The SMILES string of the molecule is COC1=NC(c2cc3c(n2C(C)C)C(c2ccc(C#N)cc2)N(c2c[nH]c(=O)c(Cl)c2)C3=O)(N(C)C)NC=C1. The van der Waals surface area contributed by atoms with Gasteiger partial charge in [0.15, 0.2) is 0 Å². The van der Waals surface area contributed by atoms with Crippen molar-refractivity contribution in [3.05, 3.63) is 98.3 Å². The third-order valence-electron chi connectivity index (χ3n) is 7.03. The average Bonchev–Trinajstić information content (AvgIpc) is 3.46. The molecule has 0 aliphatic carbocycles. The Morgan fingerprint density at radius 2 is 1.92 bits per heavy atom. The molecule has 4 heterocycles. The number of nitrogens with one attached hydrogen (secondary N) is 2. The summed E-state index contributed by atoms with van der Waals surface area (Å²) in [5.74, 6) is -0.853. The molecule has 2 aliphatic heterocycles. The zero-order valence-electron chi connectivity index (χ0n) is 22.2. The number of H-pyrrole nitrogens is 1. The summed E-state index contributed by atoms with van der Waals surface area (Å²) in [4.78, 5) is 37.2. The summed E-state index contributed by atoms with van der Waals surface area (Å²) in [6, 6.07) is 12.0. The lowest BCUT2D eigenvalue weighted by molar-refractivity contribution is 0.0991. The fourth-order valence-corrected chi connectivity index (χ4v) is 5.41. The standard InChI is InChI=1S/C28H28ClN7O3/c1-16(2)35-22(28(34(3)4)32-11-10-23(33-28)39-5)13-20-25(35)24(18-8-6-17(14-30)7-9-18)36(27(20)38)19-12-21(29)26(37)31-15-19/h6-13,15-16,24,32H,1-5H3,(H,31,37). The number of carbonyl (C=O) groups is 1. The number of carbonyl (C=O) groups excluding carboxylic acids is 1. The first kappa shape index (κ1) is 26.3. The number of aromatic amines is 1. The average molecular weight is 546 g/mol. The Morgan fingerprint density at radius 1 is 1.21 bits per heavy atom. The molecule has 2 atom stereocenters. The van der Waals surface area contributed by atoms with Crippen LogP contribution in [0.15, 0.2) is 64.7 Å². The van der Waals surface area contributed by atoms with E-state index in [9.17, 15) is 14.9 Å². The molecule has 2 N–H and O–H groups in total. The predicted molar refractivity (Wildman–Crippen MR) is 149 cm³/mol. The maximum Gasteiger partial charge on any atom is 0.266 e. The van der Waals surface area contributed by atoms with Crippen LogP contribution < -0.4 is 15.8 Å². The summed E-state index contributed by atoms with van der Waals surface area (Å²) in [6.07, 6.45) is 5.01. The maximum absolute atomic E-state index is 14.2. The Morgan fingerprint density at radius 3 is 2.51 bits per heavy atom. The Labute approximate surface area is 230 Å². The summed E-state index contributed by atoms with van der Waals surface area (Å²) >= 11 is 6.18. The number of methoxy groups -OCH3 is 1. The van der Waals surface area contributed by atoms with Gasteiger partial charge in [-0.15, -0.1) is 0 Å². The number of rotatable bonds is 5. The number of hydrogen-bond donors (Lipinski definition) is 2. The van der Waals surface area contributed by atoms with Gasteiger partial charge in [0.2, 0.25) is 11.7 Å². The van der Waals surface area contributed by atoms with Gasteiger partial charge in [-0.1, -0.05) is 23.7 Å². The van der Waals surface area contributed by atoms with E-state index in [-0.39, 0.29) is 17.0 Å². The van der Waals surface area contributed by atoms with Gasteiger partial charge in [-0.25, -0.2) is 4.99 Å².